The molecule has 4 nitrogen and oxygen atoms in total. The molecule has 1 aliphatic heterocycles. The van der Waals surface area contributed by atoms with Crippen molar-refractivity contribution in [3.05, 3.63) is 0 Å². The molecule has 0 aromatic carbocycles. The van der Waals surface area contributed by atoms with Gasteiger partial charge in [-0.25, -0.2) is 0 Å². The summed E-state index contributed by atoms with van der Waals surface area (Å²) >= 11 is 0. The maximum atomic E-state index is 12.3. The summed E-state index contributed by atoms with van der Waals surface area (Å²) in [6.45, 7) is 3.70. The van der Waals surface area contributed by atoms with Crippen LogP contribution in [-0.4, -0.2) is 48.2 Å². The van der Waals surface area contributed by atoms with Crippen LogP contribution in [0.15, 0.2) is 0 Å². The minimum Gasteiger partial charge on any atom is -0.357 e. The van der Waals surface area contributed by atoms with Crippen LogP contribution in [0.2, 0.25) is 0 Å². The van der Waals surface area contributed by atoms with E-state index in [1.54, 1.807) is 0 Å². The number of carbonyl (C=O) groups is 1. The fourth-order valence-corrected chi connectivity index (χ4v) is 3.58. The second-order valence-corrected chi connectivity index (χ2v) is 6.16. The van der Waals surface area contributed by atoms with Gasteiger partial charge < -0.3 is 15.0 Å². The maximum Gasteiger partial charge on any atom is 0.254 e. The van der Waals surface area contributed by atoms with Crippen LogP contribution in [0, 0.1) is 0 Å². The van der Waals surface area contributed by atoms with Crippen LogP contribution in [-0.2, 0) is 9.53 Å². The first-order valence-corrected chi connectivity index (χ1v) is 7.30. The van der Waals surface area contributed by atoms with Crippen molar-refractivity contribution in [3.8, 4) is 0 Å². The first kappa shape index (κ1) is 12.4. The van der Waals surface area contributed by atoms with Gasteiger partial charge in [0.1, 0.15) is 5.60 Å². The van der Waals surface area contributed by atoms with Gasteiger partial charge in [0.2, 0.25) is 0 Å². The summed E-state index contributed by atoms with van der Waals surface area (Å²) in [6, 6.07) is 0.627. The number of carbonyl (C=O) groups excluding carboxylic acids is 1. The highest BCUT2D eigenvalue weighted by Gasteiger charge is 2.61. The molecule has 1 saturated heterocycles. The SMILES string of the molecule is CCN1CC2(CCC(NC)CC2)OC2(CC2)C1=O. The molecular weight excluding hydrogens is 228 g/mol. The molecule has 1 N–H and O–H groups in total. The summed E-state index contributed by atoms with van der Waals surface area (Å²) in [5, 5.41) is 3.36. The van der Waals surface area contributed by atoms with Crippen molar-refractivity contribution >= 4 is 5.91 Å². The van der Waals surface area contributed by atoms with Gasteiger partial charge in [-0.3, -0.25) is 4.79 Å². The number of hydrogen-bond acceptors (Lipinski definition) is 3. The van der Waals surface area contributed by atoms with Crippen molar-refractivity contribution in [2.75, 3.05) is 20.1 Å². The normalized spacial score (nSPS) is 38.4. The van der Waals surface area contributed by atoms with Crippen molar-refractivity contribution in [1.29, 1.82) is 0 Å². The molecule has 3 aliphatic rings. The summed E-state index contributed by atoms with van der Waals surface area (Å²) in [6.07, 6.45) is 6.36. The van der Waals surface area contributed by atoms with Gasteiger partial charge in [-0.1, -0.05) is 0 Å². The lowest BCUT2D eigenvalue weighted by molar-refractivity contribution is -0.198. The first-order chi connectivity index (χ1) is 8.63. The average molecular weight is 252 g/mol. The van der Waals surface area contributed by atoms with E-state index >= 15 is 0 Å². The van der Waals surface area contributed by atoms with Crippen LogP contribution in [0.25, 0.3) is 0 Å². The van der Waals surface area contributed by atoms with E-state index in [0.29, 0.717) is 6.04 Å². The monoisotopic (exact) mass is 252 g/mol. The Bertz CT molecular complexity index is 344. The van der Waals surface area contributed by atoms with E-state index < -0.39 is 5.60 Å². The molecular formula is C14H24N2O2. The topological polar surface area (TPSA) is 41.6 Å². The molecule has 2 aliphatic carbocycles. The summed E-state index contributed by atoms with van der Waals surface area (Å²) in [5.74, 6) is 0.242. The van der Waals surface area contributed by atoms with Crippen LogP contribution in [0.3, 0.4) is 0 Å². The molecule has 3 rings (SSSR count). The van der Waals surface area contributed by atoms with Gasteiger partial charge in [0.15, 0.2) is 0 Å². The van der Waals surface area contributed by atoms with Gasteiger partial charge in [-0.05, 0) is 52.5 Å². The second kappa shape index (κ2) is 4.20. The molecule has 0 unspecified atom stereocenters. The third-order valence-corrected chi connectivity index (χ3v) is 4.96. The highest BCUT2D eigenvalue weighted by atomic mass is 16.5. The average Bonchev–Trinajstić information content (AvgIpc) is 3.16. The number of hydrogen-bond donors (Lipinski definition) is 1. The molecule has 1 heterocycles. The number of nitrogens with zero attached hydrogens (tertiary/aromatic N) is 1. The van der Waals surface area contributed by atoms with E-state index in [1.165, 1.54) is 12.8 Å². The Hall–Kier alpha value is -0.610. The van der Waals surface area contributed by atoms with Gasteiger partial charge in [0.25, 0.3) is 5.91 Å². The lowest BCUT2D eigenvalue weighted by Crippen LogP contribution is -2.61. The molecule has 0 bridgehead atoms. The smallest absolute Gasteiger partial charge is 0.254 e. The molecule has 0 aromatic heterocycles. The van der Waals surface area contributed by atoms with E-state index in [-0.39, 0.29) is 11.5 Å². The van der Waals surface area contributed by atoms with Crippen molar-refractivity contribution in [1.82, 2.24) is 10.2 Å². The van der Waals surface area contributed by atoms with Gasteiger partial charge in [-0.2, -0.15) is 0 Å². The summed E-state index contributed by atoms with van der Waals surface area (Å²) in [5.41, 5.74) is -0.464. The molecule has 102 valence electrons. The Kier molecular flexibility index (Phi) is 2.90. The maximum absolute atomic E-state index is 12.3. The van der Waals surface area contributed by atoms with E-state index in [0.717, 1.165) is 38.8 Å². The van der Waals surface area contributed by atoms with Gasteiger partial charge >= 0.3 is 0 Å². The Morgan fingerprint density at radius 3 is 2.50 bits per heavy atom. The zero-order chi connectivity index (χ0) is 12.8. The number of ether oxygens (including phenoxy) is 1. The predicted octanol–water partition coefficient (Wildman–Crippen LogP) is 1.30. The van der Waals surface area contributed by atoms with Crippen LogP contribution >= 0.6 is 0 Å². The molecule has 1 amide bonds. The van der Waals surface area contributed by atoms with E-state index in [2.05, 4.69) is 12.2 Å². The lowest BCUT2D eigenvalue weighted by Gasteiger charge is -2.49. The molecule has 0 radical (unpaired) electrons. The van der Waals surface area contributed by atoms with Crippen molar-refractivity contribution in [2.45, 2.75) is 62.7 Å². The van der Waals surface area contributed by atoms with Crippen LogP contribution < -0.4 is 5.32 Å². The fraction of sp³-hybridized carbons (Fsp3) is 0.929. The van der Waals surface area contributed by atoms with Gasteiger partial charge in [0.05, 0.1) is 5.60 Å². The highest BCUT2D eigenvalue weighted by molar-refractivity contribution is 5.89. The number of amides is 1. The van der Waals surface area contributed by atoms with Crippen LogP contribution in [0.1, 0.15) is 45.4 Å². The number of rotatable bonds is 2. The third-order valence-electron chi connectivity index (χ3n) is 4.96. The zero-order valence-corrected chi connectivity index (χ0v) is 11.5. The van der Waals surface area contributed by atoms with Gasteiger partial charge in [-0.15, -0.1) is 0 Å². The number of likely N-dealkylation sites (N-methyl/N-ethyl adjacent to an activating group) is 1. The van der Waals surface area contributed by atoms with E-state index in [1.807, 2.05) is 11.9 Å². The molecule has 2 saturated carbocycles. The summed E-state index contributed by atoms with van der Waals surface area (Å²) in [4.78, 5) is 14.3. The van der Waals surface area contributed by atoms with Crippen molar-refractivity contribution in [3.63, 3.8) is 0 Å². The van der Waals surface area contributed by atoms with E-state index in [9.17, 15) is 4.79 Å². The van der Waals surface area contributed by atoms with Gasteiger partial charge in [0, 0.05) is 19.1 Å². The number of morpholine rings is 1. The Labute approximate surface area is 109 Å². The largest absolute Gasteiger partial charge is 0.357 e. The van der Waals surface area contributed by atoms with E-state index in [4.69, 9.17) is 4.74 Å². The Balaban J connectivity index is 1.75. The zero-order valence-electron chi connectivity index (χ0n) is 11.5. The minimum atomic E-state index is -0.416. The molecule has 18 heavy (non-hydrogen) atoms. The Morgan fingerprint density at radius 1 is 1.33 bits per heavy atom. The van der Waals surface area contributed by atoms with Crippen molar-refractivity contribution < 1.29 is 9.53 Å². The molecule has 0 atom stereocenters. The lowest BCUT2D eigenvalue weighted by atomic mass is 9.80. The number of nitrogens with one attached hydrogen (secondary N) is 1. The van der Waals surface area contributed by atoms with Crippen LogP contribution in [0.4, 0.5) is 0 Å². The molecule has 3 fully saturated rings. The van der Waals surface area contributed by atoms with Crippen molar-refractivity contribution in [2.24, 2.45) is 0 Å². The standard InChI is InChI=1S/C14H24N2O2/c1-3-16-10-13(6-4-11(15-2)5-7-13)18-14(8-9-14)12(16)17/h11,15H,3-10H2,1-2H3. The highest BCUT2D eigenvalue weighted by Crippen LogP contribution is 2.50. The predicted molar refractivity (Wildman–Crippen MR) is 69.4 cm³/mol. The molecule has 2 spiro atoms. The minimum absolute atomic E-state index is 0.0478. The fourth-order valence-electron chi connectivity index (χ4n) is 3.58. The Morgan fingerprint density at radius 2 is 2.00 bits per heavy atom. The quantitative estimate of drug-likeness (QED) is 0.805. The first-order valence-electron chi connectivity index (χ1n) is 7.30. The third kappa shape index (κ3) is 1.86. The summed E-state index contributed by atoms with van der Waals surface area (Å²) < 4.78 is 6.33. The van der Waals surface area contributed by atoms with Crippen LogP contribution in [0.5, 0.6) is 0 Å². The molecule has 0 aromatic rings. The summed E-state index contributed by atoms with van der Waals surface area (Å²) in [7, 11) is 2.04. The second-order valence-electron chi connectivity index (χ2n) is 6.16. The molecule has 4 heteroatoms.